The fraction of sp³-hybridized carbons (Fsp3) is 0. The third kappa shape index (κ3) is 1.64. The van der Waals surface area contributed by atoms with Crippen LogP contribution in [0.5, 0.6) is 0 Å². The Morgan fingerprint density at radius 1 is 0.321 bits per heavy atom. The molecule has 2 aromatic heterocycles. The topological polar surface area (TPSA) is 26.3 Å². The minimum absolute atomic E-state index is 0.902. The molecule has 0 spiro atoms. The molecule has 0 N–H and O–H groups in total. The Hall–Kier alpha value is -3.78. The van der Waals surface area contributed by atoms with Gasteiger partial charge in [0.05, 0.1) is 0 Å². The summed E-state index contributed by atoms with van der Waals surface area (Å²) in [5, 5.41) is 9.50. The smallest absolute Gasteiger partial charge is 0.135 e. The van der Waals surface area contributed by atoms with E-state index >= 15 is 0 Å². The molecule has 0 radical (unpaired) electrons. The normalized spacial score (nSPS) is 12.3. The van der Waals surface area contributed by atoms with Crippen LogP contribution >= 0.6 is 0 Å². The number of hydrogen-bond acceptors (Lipinski definition) is 2. The summed E-state index contributed by atoms with van der Waals surface area (Å²) in [6, 6.07) is 29.3. The van der Waals surface area contributed by atoms with Crippen molar-refractivity contribution in [3.05, 3.63) is 84.9 Å². The first-order valence-corrected chi connectivity index (χ1v) is 9.46. The van der Waals surface area contributed by atoms with E-state index in [9.17, 15) is 0 Å². The summed E-state index contributed by atoms with van der Waals surface area (Å²) in [6.45, 7) is 0. The van der Waals surface area contributed by atoms with Gasteiger partial charge in [-0.2, -0.15) is 0 Å². The van der Waals surface area contributed by atoms with Crippen molar-refractivity contribution in [2.45, 2.75) is 0 Å². The molecule has 0 aliphatic rings. The average Bonchev–Trinajstić information content (AvgIpc) is 2.75. The summed E-state index contributed by atoms with van der Waals surface area (Å²) < 4.78 is 12.6. The molecule has 0 aliphatic carbocycles. The highest BCUT2D eigenvalue weighted by Gasteiger charge is 2.19. The minimum Gasteiger partial charge on any atom is -0.456 e. The molecule has 0 saturated carbocycles. The van der Waals surface area contributed by atoms with E-state index in [0.29, 0.717) is 0 Å². The Morgan fingerprint density at radius 2 is 0.714 bits per heavy atom. The predicted molar refractivity (Wildman–Crippen MR) is 116 cm³/mol. The SMILES string of the molecule is c1ccc2c(c1)oc1cccc3c4cccc5oc6ccccc6c(c54)c2c13. The van der Waals surface area contributed by atoms with Crippen molar-refractivity contribution in [3.63, 3.8) is 0 Å². The summed E-state index contributed by atoms with van der Waals surface area (Å²) in [5.41, 5.74) is 3.64. The average molecular weight is 358 g/mol. The third-order valence-electron chi connectivity index (χ3n) is 5.85. The van der Waals surface area contributed by atoms with Crippen LogP contribution in [0.4, 0.5) is 0 Å². The van der Waals surface area contributed by atoms with Gasteiger partial charge >= 0.3 is 0 Å². The van der Waals surface area contributed by atoms with Crippen molar-refractivity contribution < 1.29 is 8.83 Å². The molecule has 130 valence electrons. The number of rotatable bonds is 0. The first-order valence-electron chi connectivity index (χ1n) is 9.46. The van der Waals surface area contributed by atoms with Gasteiger partial charge in [0.15, 0.2) is 0 Å². The van der Waals surface area contributed by atoms with Gasteiger partial charge in [0.25, 0.3) is 0 Å². The molecule has 0 bridgehead atoms. The molecular weight excluding hydrogens is 344 g/mol. The molecule has 7 aromatic rings. The second-order valence-corrected chi connectivity index (χ2v) is 7.30. The first-order chi connectivity index (χ1) is 13.9. The van der Waals surface area contributed by atoms with Crippen molar-refractivity contribution in [1.82, 2.24) is 0 Å². The van der Waals surface area contributed by atoms with Gasteiger partial charge in [-0.1, -0.05) is 60.7 Å². The van der Waals surface area contributed by atoms with Gasteiger partial charge < -0.3 is 8.83 Å². The summed E-state index contributed by atoms with van der Waals surface area (Å²) in [4.78, 5) is 0. The summed E-state index contributed by atoms with van der Waals surface area (Å²) in [5.74, 6) is 0. The van der Waals surface area contributed by atoms with E-state index < -0.39 is 0 Å². The molecule has 0 saturated heterocycles. The summed E-state index contributed by atoms with van der Waals surface area (Å²) in [7, 11) is 0. The van der Waals surface area contributed by atoms with Gasteiger partial charge in [-0.25, -0.2) is 0 Å². The minimum atomic E-state index is 0.902. The van der Waals surface area contributed by atoms with E-state index in [1.54, 1.807) is 0 Å². The Kier molecular flexibility index (Phi) is 2.52. The van der Waals surface area contributed by atoms with Gasteiger partial charge in [0.2, 0.25) is 0 Å². The zero-order valence-electron chi connectivity index (χ0n) is 14.9. The van der Waals surface area contributed by atoms with E-state index in [1.807, 2.05) is 24.3 Å². The van der Waals surface area contributed by atoms with Crippen molar-refractivity contribution in [3.8, 4) is 0 Å². The zero-order valence-corrected chi connectivity index (χ0v) is 14.9. The number of hydrogen-bond donors (Lipinski definition) is 0. The molecule has 0 fully saturated rings. The fourth-order valence-corrected chi connectivity index (χ4v) is 4.75. The molecule has 2 nitrogen and oxygen atoms in total. The first kappa shape index (κ1) is 14.3. The maximum absolute atomic E-state index is 6.30. The van der Waals surface area contributed by atoms with Crippen molar-refractivity contribution in [1.29, 1.82) is 0 Å². The van der Waals surface area contributed by atoms with Gasteiger partial charge in [-0.05, 0) is 35.0 Å². The van der Waals surface area contributed by atoms with E-state index in [1.165, 1.54) is 32.3 Å². The van der Waals surface area contributed by atoms with E-state index in [4.69, 9.17) is 8.83 Å². The largest absolute Gasteiger partial charge is 0.456 e. The van der Waals surface area contributed by atoms with E-state index in [0.717, 1.165) is 33.1 Å². The van der Waals surface area contributed by atoms with Crippen molar-refractivity contribution >= 4 is 65.4 Å². The maximum atomic E-state index is 6.30. The van der Waals surface area contributed by atoms with Gasteiger partial charge in [0, 0.05) is 32.3 Å². The summed E-state index contributed by atoms with van der Waals surface area (Å²) >= 11 is 0. The molecule has 0 amide bonds. The van der Waals surface area contributed by atoms with Crippen LogP contribution in [0.25, 0.3) is 65.4 Å². The fourth-order valence-electron chi connectivity index (χ4n) is 4.75. The molecule has 0 aliphatic heterocycles. The molecule has 28 heavy (non-hydrogen) atoms. The van der Waals surface area contributed by atoms with Crippen LogP contribution < -0.4 is 0 Å². The molecule has 5 aromatic carbocycles. The van der Waals surface area contributed by atoms with Crippen LogP contribution in [0.2, 0.25) is 0 Å². The second kappa shape index (κ2) is 4.93. The highest BCUT2D eigenvalue weighted by molar-refractivity contribution is 6.39. The molecule has 7 rings (SSSR count). The summed E-state index contributed by atoms with van der Waals surface area (Å²) in [6.07, 6.45) is 0. The number of benzene rings is 5. The molecular formula is C26H14O2. The lowest BCUT2D eigenvalue weighted by Crippen LogP contribution is -1.89. The maximum Gasteiger partial charge on any atom is 0.135 e. The lowest BCUT2D eigenvalue weighted by Gasteiger charge is -2.16. The highest BCUT2D eigenvalue weighted by atomic mass is 16.3. The number of fused-ring (bicyclic) bond motifs is 6. The highest BCUT2D eigenvalue weighted by Crippen LogP contribution is 2.45. The second-order valence-electron chi connectivity index (χ2n) is 7.30. The Morgan fingerprint density at radius 3 is 1.21 bits per heavy atom. The van der Waals surface area contributed by atoms with Gasteiger partial charge in [-0.3, -0.25) is 0 Å². The molecule has 2 heterocycles. The van der Waals surface area contributed by atoms with Crippen molar-refractivity contribution in [2.75, 3.05) is 0 Å². The Labute approximate surface area is 159 Å². The van der Waals surface area contributed by atoms with Crippen LogP contribution in [0, 0.1) is 0 Å². The molecule has 2 heteroatoms. The Balaban J connectivity index is 2.02. The Bertz CT molecular complexity index is 1580. The van der Waals surface area contributed by atoms with E-state index in [-0.39, 0.29) is 0 Å². The lowest BCUT2D eigenvalue weighted by molar-refractivity contribution is 0.661. The molecule has 0 unspecified atom stereocenters. The van der Waals surface area contributed by atoms with Gasteiger partial charge in [-0.15, -0.1) is 0 Å². The quantitative estimate of drug-likeness (QED) is 0.204. The van der Waals surface area contributed by atoms with Crippen molar-refractivity contribution in [2.24, 2.45) is 0 Å². The monoisotopic (exact) mass is 358 g/mol. The standard InChI is InChI=1S/C26H14O2/c1-3-11-19-17(7-1)25-23-15(9-5-13-21(23)27-19)16-10-6-14-22-24(16)26(25)18-8-2-4-12-20(18)28-22/h1-14H. The van der Waals surface area contributed by atoms with Crippen LogP contribution in [-0.4, -0.2) is 0 Å². The number of para-hydroxylation sites is 2. The van der Waals surface area contributed by atoms with Crippen LogP contribution in [0.3, 0.4) is 0 Å². The third-order valence-corrected chi connectivity index (χ3v) is 5.85. The predicted octanol–water partition coefficient (Wildman–Crippen LogP) is 7.79. The lowest BCUT2D eigenvalue weighted by atomic mass is 9.90. The van der Waals surface area contributed by atoms with Crippen LogP contribution in [0.15, 0.2) is 93.8 Å². The molecule has 0 atom stereocenters. The van der Waals surface area contributed by atoms with Crippen LogP contribution in [0.1, 0.15) is 0 Å². The van der Waals surface area contributed by atoms with Gasteiger partial charge in [0.1, 0.15) is 22.3 Å². The zero-order chi connectivity index (χ0) is 18.2. The van der Waals surface area contributed by atoms with E-state index in [2.05, 4.69) is 60.7 Å². The van der Waals surface area contributed by atoms with Crippen LogP contribution in [-0.2, 0) is 0 Å².